The molecule has 2 aliphatic heterocycles. The highest BCUT2D eigenvalue weighted by Gasteiger charge is 2.67. The van der Waals surface area contributed by atoms with Crippen LogP contribution in [0.1, 0.15) is 132 Å². The van der Waals surface area contributed by atoms with Crippen LogP contribution in [0.4, 0.5) is 0 Å². The van der Waals surface area contributed by atoms with E-state index in [-0.39, 0.29) is 53.8 Å². The standard InChI is InChI=1S/C42H72O10/c1-24(28-15-16-42(8)32-12-10-29-30(11-13-33(47)38(29,2)3)40(32,6)17-18-41(28,42)7)9-14-34(39(4,5)48)51-37-36(31(46)21-27(23-44)50-37)52-35-20-25(45)19-26(22-43)49-35/h10,24-28,30-37,43-48H,9,11-23H2,1-8H3/t24-,25+,26?,27+,28?,30?,31+,32?,33+,34-,35+,36?,37+,40+,41-,42+/m1/s1. The number of hydrogen-bond acceptors (Lipinski definition) is 10. The second kappa shape index (κ2) is 15.0. The van der Waals surface area contributed by atoms with Gasteiger partial charge in [0.2, 0.25) is 0 Å². The van der Waals surface area contributed by atoms with Crippen molar-refractivity contribution in [3.8, 4) is 0 Å². The van der Waals surface area contributed by atoms with E-state index in [4.69, 9.17) is 18.9 Å². The molecule has 0 aromatic carbocycles. The first-order valence-corrected chi connectivity index (χ1v) is 20.6. The molecule has 52 heavy (non-hydrogen) atoms. The molecule has 6 rings (SSSR count). The molecule has 0 amide bonds. The Morgan fingerprint density at radius 1 is 0.865 bits per heavy atom. The van der Waals surface area contributed by atoms with E-state index in [1.165, 1.54) is 31.3 Å². The molecular formula is C42H72O10. The molecular weight excluding hydrogens is 664 g/mol. The van der Waals surface area contributed by atoms with Crippen LogP contribution in [0.2, 0.25) is 0 Å². The van der Waals surface area contributed by atoms with Gasteiger partial charge in [-0.05, 0) is 112 Å². The predicted octanol–water partition coefficient (Wildman–Crippen LogP) is 5.24. The minimum absolute atomic E-state index is 0.139. The number of aliphatic hydroxyl groups excluding tert-OH is 5. The Balaban J connectivity index is 1.15. The maximum atomic E-state index is 11.4. The van der Waals surface area contributed by atoms with Crippen molar-refractivity contribution in [2.24, 2.45) is 45.3 Å². The van der Waals surface area contributed by atoms with Crippen LogP contribution < -0.4 is 0 Å². The minimum Gasteiger partial charge on any atom is -0.394 e. The normalized spacial score (nSPS) is 47.5. The number of fused-ring (bicyclic) bond motifs is 5. The van der Waals surface area contributed by atoms with E-state index in [0.29, 0.717) is 36.5 Å². The molecule has 3 saturated carbocycles. The lowest BCUT2D eigenvalue weighted by Gasteiger charge is -2.66. The number of hydrogen-bond donors (Lipinski definition) is 6. The summed E-state index contributed by atoms with van der Waals surface area (Å²) in [6, 6.07) is 0. The van der Waals surface area contributed by atoms with Gasteiger partial charge >= 0.3 is 0 Å². The van der Waals surface area contributed by atoms with Crippen LogP contribution in [-0.2, 0) is 18.9 Å². The number of rotatable bonds is 11. The third-order valence-electron chi connectivity index (χ3n) is 16.1. The highest BCUT2D eigenvalue weighted by Crippen LogP contribution is 2.75. The van der Waals surface area contributed by atoms with Gasteiger partial charge in [-0.2, -0.15) is 0 Å². The van der Waals surface area contributed by atoms with Crippen LogP contribution in [0.5, 0.6) is 0 Å². The Hall–Kier alpha value is -0.660. The third-order valence-corrected chi connectivity index (χ3v) is 16.1. The highest BCUT2D eigenvalue weighted by molar-refractivity contribution is 5.30. The number of allylic oxidation sites excluding steroid dienone is 1. The summed E-state index contributed by atoms with van der Waals surface area (Å²) in [6.45, 7) is 17.5. The van der Waals surface area contributed by atoms with Gasteiger partial charge in [-0.1, -0.05) is 53.2 Å². The molecule has 5 fully saturated rings. The van der Waals surface area contributed by atoms with Crippen LogP contribution in [0, 0.1) is 45.3 Å². The van der Waals surface area contributed by atoms with Gasteiger partial charge < -0.3 is 49.6 Å². The molecule has 5 unspecified atom stereocenters. The van der Waals surface area contributed by atoms with Crippen LogP contribution >= 0.6 is 0 Å². The lowest BCUT2D eigenvalue weighted by atomic mass is 9.39. The summed E-state index contributed by atoms with van der Waals surface area (Å²) in [4.78, 5) is 0. The molecule has 10 nitrogen and oxygen atoms in total. The Kier molecular flexibility index (Phi) is 11.8. The van der Waals surface area contributed by atoms with Crippen molar-refractivity contribution >= 4 is 0 Å². The summed E-state index contributed by atoms with van der Waals surface area (Å²) in [5.41, 5.74) is 0.765. The summed E-state index contributed by atoms with van der Waals surface area (Å²) in [5, 5.41) is 63.5. The summed E-state index contributed by atoms with van der Waals surface area (Å²) in [6.07, 6.45) is 5.65. The Morgan fingerprint density at radius 2 is 1.56 bits per heavy atom. The largest absolute Gasteiger partial charge is 0.394 e. The van der Waals surface area contributed by atoms with Gasteiger partial charge in [0.25, 0.3) is 0 Å². The predicted molar refractivity (Wildman–Crippen MR) is 197 cm³/mol. The van der Waals surface area contributed by atoms with Crippen molar-refractivity contribution < 1.29 is 49.6 Å². The van der Waals surface area contributed by atoms with Gasteiger partial charge in [0, 0.05) is 24.7 Å². The molecule has 2 heterocycles. The average Bonchev–Trinajstić information content (AvgIpc) is 3.35. The van der Waals surface area contributed by atoms with E-state index in [1.807, 2.05) is 0 Å². The van der Waals surface area contributed by atoms with Crippen LogP contribution in [-0.4, -0.2) is 105 Å². The lowest BCUT2D eigenvalue weighted by Crippen LogP contribution is -2.59. The maximum Gasteiger partial charge on any atom is 0.187 e. The van der Waals surface area contributed by atoms with Crippen molar-refractivity contribution in [1.29, 1.82) is 0 Å². The average molecular weight is 737 g/mol. The van der Waals surface area contributed by atoms with Crippen LogP contribution in [0.3, 0.4) is 0 Å². The van der Waals surface area contributed by atoms with Gasteiger partial charge in [0.15, 0.2) is 12.6 Å². The fourth-order valence-corrected chi connectivity index (χ4v) is 12.6. The molecule has 0 aromatic rings. The fourth-order valence-electron chi connectivity index (χ4n) is 12.6. The molecule has 10 heteroatoms. The van der Waals surface area contributed by atoms with E-state index in [1.54, 1.807) is 13.8 Å². The van der Waals surface area contributed by atoms with Crippen LogP contribution in [0.15, 0.2) is 11.6 Å². The summed E-state index contributed by atoms with van der Waals surface area (Å²) >= 11 is 0. The topological polar surface area (TPSA) is 158 Å². The summed E-state index contributed by atoms with van der Waals surface area (Å²) < 4.78 is 24.7. The van der Waals surface area contributed by atoms with Crippen molar-refractivity contribution in [2.75, 3.05) is 13.2 Å². The molecule has 0 spiro atoms. The molecule has 6 N–H and O–H groups in total. The number of ether oxygens (including phenoxy) is 4. The molecule has 6 aliphatic rings. The quantitative estimate of drug-likeness (QED) is 0.155. The zero-order valence-corrected chi connectivity index (χ0v) is 33.3. The molecule has 0 bridgehead atoms. The van der Waals surface area contributed by atoms with E-state index < -0.39 is 54.8 Å². The van der Waals surface area contributed by atoms with Crippen LogP contribution in [0.25, 0.3) is 0 Å². The van der Waals surface area contributed by atoms with Gasteiger partial charge in [-0.15, -0.1) is 0 Å². The fraction of sp³-hybridized carbons (Fsp3) is 0.952. The molecule has 0 aromatic heterocycles. The van der Waals surface area contributed by atoms with Crippen molar-refractivity contribution in [3.05, 3.63) is 11.6 Å². The monoisotopic (exact) mass is 737 g/mol. The smallest absolute Gasteiger partial charge is 0.187 e. The zero-order valence-electron chi connectivity index (χ0n) is 33.3. The van der Waals surface area contributed by atoms with Crippen molar-refractivity contribution in [3.63, 3.8) is 0 Å². The zero-order chi connectivity index (χ0) is 38.0. The number of aliphatic hydroxyl groups is 6. The Labute approximate surface area is 312 Å². The maximum absolute atomic E-state index is 11.4. The molecule has 2 saturated heterocycles. The van der Waals surface area contributed by atoms with Gasteiger partial charge in [0.05, 0.1) is 55.4 Å². The summed E-state index contributed by atoms with van der Waals surface area (Å²) in [7, 11) is 0. The first-order valence-electron chi connectivity index (χ1n) is 20.6. The Morgan fingerprint density at radius 3 is 2.23 bits per heavy atom. The van der Waals surface area contributed by atoms with Gasteiger partial charge in [-0.25, -0.2) is 0 Å². The van der Waals surface area contributed by atoms with E-state index >= 15 is 0 Å². The van der Waals surface area contributed by atoms with E-state index in [0.717, 1.165) is 25.7 Å². The second-order valence-electron chi connectivity index (χ2n) is 19.8. The highest BCUT2D eigenvalue weighted by atomic mass is 16.7. The molecule has 300 valence electrons. The van der Waals surface area contributed by atoms with Gasteiger partial charge in [-0.3, -0.25) is 0 Å². The third kappa shape index (κ3) is 7.22. The van der Waals surface area contributed by atoms with Gasteiger partial charge in [0.1, 0.15) is 6.10 Å². The Bertz CT molecular complexity index is 1270. The van der Waals surface area contributed by atoms with E-state index in [9.17, 15) is 30.6 Å². The first-order chi connectivity index (χ1) is 24.3. The molecule has 0 radical (unpaired) electrons. The lowest BCUT2D eigenvalue weighted by molar-refractivity contribution is -0.341. The van der Waals surface area contributed by atoms with Crippen molar-refractivity contribution in [2.45, 2.75) is 193 Å². The molecule has 16 atom stereocenters. The molecule has 4 aliphatic carbocycles. The SMILES string of the molecule is C[C@H](CC[C@@H](O[C@@H]1O[C@H](CO)C[C@H](O)C1O[C@H]1C[C@@H](O)CC(CO)O1)C(C)(C)O)C1CC[C@@]2(C)C3CC=C4C(CC[C@H](O)C4(C)C)[C@]3(C)CC[C@]12C. The minimum atomic E-state index is -1.22. The van der Waals surface area contributed by atoms with E-state index in [2.05, 4.69) is 47.6 Å². The summed E-state index contributed by atoms with van der Waals surface area (Å²) in [5.74, 6) is 2.08. The second-order valence-corrected chi connectivity index (χ2v) is 19.8. The first kappa shape index (κ1) is 41.0. The van der Waals surface area contributed by atoms with Crippen molar-refractivity contribution in [1.82, 2.24) is 0 Å².